The summed E-state index contributed by atoms with van der Waals surface area (Å²) in [4.78, 5) is 12.1. The van der Waals surface area contributed by atoms with E-state index in [1.807, 2.05) is 60.7 Å². The molecule has 2 aromatic carbocycles. The molecule has 0 saturated carbocycles. The first-order valence-electron chi connectivity index (χ1n) is 13.6. The molecule has 204 valence electrons. The summed E-state index contributed by atoms with van der Waals surface area (Å²) in [5, 5.41) is 14.2. The molecule has 0 unspecified atom stereocenters. The predicted molar refractivity (Wildman–Crippen MR) is 143 cm³/mol. The number of aliphatic hydroxyl groups excluding tert-OH is 1. The average molecular weight is 514 g/mol. The van der Waals surface area contributed by atoms with E-state index in [2.05, 4.69) is 12.2 Å². The molecule has 37 heavy (non-hydrogen) atoms. The molecule has 1 aliphatic heterocycles. The monoisotopic (exact) mass is 513 g/mol. The Balaban J connectivity index is 1.66. The molecule has 3 rings (SSSR count). The maximum absolute atomic E-state index is 12.1. The van der Waals surface area contributed by atoms with Gasteiger partial charge in [-0.25, -0.2) is 0 Å². The number of carbonyl (C=O) groups excluding carboxylic acids is 1. The number of unbranched alkanes of at least 4 members (excludes halogenated alkanes) is 5. The van der Waals surface area contributed by atoms with Crippen molar-refractivity contribution in [2.24, 2.45) is 0 Å². The average Bonchev–Trinajstić information content (AvgIpc) is 2.91. The lowest BCUT2D eigenvalue weighted by atomic mass is 9.96. The van der Waals surface area contributed by atoms with Gasteiger partial charge in [-0.3, -0.25) is 4.79 Å². The van der Waals surface area contributed by atoms with Crippen molar-refractivity contribution in [3.8, 4) is 0 Å². The molecule has 0 bridgehead atoms. The summed E-state index contributed by atoms with van der Waals surface area (Å²) < 4.78 is 24.4. The zero-order chi connectivity index (χ0) is 26.3. The van der Waals surface area contributed by atoms with Crippen LogP contribution in [0.5, 0.6) is 0 Å². The number of rotatable bonds is 16. The van der Waals surface area contributed by atoms with Gasteiger partial charge in [-0.15, -0.1) is 0 Å². The minimum Gasteiger partial charge on any atom is -0.388 e. The van der Waals surface area contributed by atoms with E-state index in [0.29, 0.717) is 19.8 Å². The molecule has 1 saturated heterocycles. The van der Waals surface area contributed by atoms with Gasteiger partial charge in [0.25, 0.3) is 0 Å². The van der Waals surface area contributed by atoms with Gasteiger partial charge in [-0.2, -0.15) is 0 Å². The zero-order valence-electron chi connectivity index (χ0n) is 22.2. The molecule has 1 aliphatic rings. The van der Waals surface area contributed by atoms with Crippen molar-refractivity contribution in [2.45, 2.75) is 96.2 Å². The summed E-state index contributed by atoms with van der Waals surface area (Å²) in [6.45, 7) is 5.02. The quantitative estimate of drug-likeness (QED) is 0.315. The lowest BCUT2D eigenvalue weighted by Gasteiger charge is -2.44. The Morgan fingerprint density at radius 2 is 1.51 bits per heavy atom. The van der Waals surface area contributed by atoms with Crippen LogP contribution in [-0.2, 0) is 37.0 Å². The minimum atomic E-state index is -1.01. The summed E-state index contributed by atoms with van der Waals surface area (Å²) in [6.07, 6.45) is 3.70. The fourth-order valence-corrected chi connectivity index (χ4v) is 4.50. The number of hydrogen-bond donors (Lipinski definition) is 2. The van der Waals surface area contributed by atoms with Crippen molar-refractivity contribution in [1.82, 2.24) is 5.32 Å². The van der Waals surface area contributed by atoms with Crippen LogP contribution in [-0.4, -0.2) is 54.9 Å². The second-order valence-electron chi connectivity index (χ2n) is 9.66. The number of nitrogens with one attached hydrogen (secondary N) is 1. The van der Waals surface area contributed by atoms with Crippen molar-refractivity contribution in [3.05, 3.63) is 71.8 Å². The lowest BCUT2D eigenvalue weighted by molar-refractivity contribution is -0.281. The van der Waals surface area contributed by atoms with Crippen LogP contribution < -0.4 is 5.32 Å². The van der Waals surface area contributed by atoms with Gasteiger partial charge in [-0.1, -0.05) is 99.7 Å². The Hall–Kier alpha value is -2.29. The number of benzene rings is 2. The summed E-state index contributed by atoms with van der Waals surface area (Å²) in [7, 11) is 0. The van der Waals surface area contributed by atoms with Crippen molar-refractivity contribution in [3.63, 3.8) is 0 Å². The highest BCUT2D eigenvalue weighted by Gasteiger charge is 2.47. The van der Waals surface area contributed by atoms with Gasteiger partial charge in [0.15, 0.2) is 6.29 Å². The summed E-state index contributed by atoms with van der Waals surface area (Å²) >= 11 is 0. The zero-order valence-corrected chi connectivity index (χ0v) is 22.2. The number of carbonyl (C=O) groups is 1. The lowest BCUT2D eigenvalue weighted by Crippen LogP contribution is -2.65. The third-order valence-corrected chi connectivity index (χ3v) is 6.50. The second-order valence-corrected chi connectivity index (χ2v) is 9.66. The van der Waals surface area contributed by atoms with E-state index in [-0.39, 0.29) is 12.5 Å². The predicted octanol–water partition coefficient (Wildman–Crippen LogP) is 4.76. The molecule has 0 spiro atoms. The van der Waals surface area contributed by atoms with E-state index in [4.69, 9.17) is 18.9 Å². The van der Waals surface area contributed by atoms with Gasteiger partial charge in [0.1, 0.15) is 24.4 Å². The maximum Gasteiger partial charge on any atom is 0.217 e. The van der Waals surface area contributed by atoms with Crippen LogP contribution in [0.2, 0.25) is 0 Å². The molecular weight excluding hydrogens is 470 g/mol. The molecule has 2 N–H and O–H groups in total. The Morgan fingerprint density at radius 3 is 2.16 bits per heavy atom. The van der Waals surface area contributed by atoms with Gasteiger partial charge in [-0.05, 0) is 17.5 Å². The molecule has 0 aromatic heterocycles. The van der Waals surface area contributed by atoms with Crippen molar-refractivity contribution in [2.75, 3.05) is 13.2 Å². The number of amides is 1. The maximum atomic E-state index is 12.1. The van der Waals surface area contributed by atoms with Crippen LogP contribution >= 0.6 is 0 Å². The minimum absolute atomic E-state index is 0.172. The number of hydrogen-bond acceptors (Lipinski definition) is 6. The number of aliphatic hydroxyl groups is 1. The fraction of sp³-hybridized carbons (Fsp3) is 0.567. The third-order valence-electron chi connectivity index (χ3n) is 6.50. The first-order chi connectivity index (χ1) is 18.1. The van der Waals surface area contributed by atoms with E-state index < -0.39 is 30.6 Å². The third kappa shape index (κ3) is 10.2. The van der Waals surface area contributed by atoms with E-state index in [0.717, 1.165) is 24.0 Å². The highest BCUT2D eigenvalue weighted by Crippen LogP contribution is 2.26. The van der Waals surface area contributed by atoms with Crippen LogP contribution in [0.3, 0.4) is 0 Å². The highest BCUT2D eigenvalue weighted by atomic mass is 16.7. The molecule has 1 fully saturated rings. The highest BCUT2D eigenvalue weighted by molar-refractivity contribution is 5.73. The molecule has 1 heterocycles. The molecule has 7 nitrogen and oxygen atoms in total. The molecule has 7 heteroatoms. The van der Waals surface area contributed by atoms with E-state index >= 15 is 0 Å². The standard InChI is InChI=1S/C30H43NO6/c1-3-4-5-6-7-14-19-35-30-27(31-23(2)32)29(36-21-25-17-12-9-13-18-25)28(33)26(37-30)22-34-20-24-15-10-8-11-16-24/h8-13,15-18,26-30,33H,3-7,14,19-22H2,1-2H3,(H,31,32)/t26-,27-,28-,29-,30-/m1/s1. The normalized spacial score (nSPS) is 23.6. The van der Waals surface area contributed by atoms with Crippen LogP contribution in [0.4, 0.5) is 0 Å². The van der Waals surface area contributed by atoms with Crippen molar-refractivity contribution < 1.29 is 28.8 Å². The Kier molecular flexibility index (Phi) is 13.1. The topological polar surface area (TPSA) is 86.2 Å². The SMILES string of the molecule is CCCCCCCCO[C@@H]1O[C@H](COCc2ccccc2)[C@@H](O)[C@H](OCc2ccccc2)[C@H]1NC(C)=O. The van der Waals surface area contributed by atoms with Crippen molar-refractivity contribution >= 4 is 5.91 Å². The van der Waals surface area contributed by atoms with Gasteiger partial charge in [0, 0.05) is 13.5 Å². The fourth-order valence-electron chi connectivity index (χ4n) is 4.50. The van der Waals surface area contributed by atoms with Gasteiger partial charge in [0.2, 0.25) is 5.91 Å². The second kappa shape index (κ2) is 16.5. The molecular formula is C30H43NO6. The van der Waals surface area contributed by atoms with E-state index in [1.54, 1.807) is 0 Å². The largest absolute Gasteiger partial charge is 0.388 e. The first kappa shape index (κ1) is 29.3. The molecule has 5 atom stereocenters. The number of ether oxygens (including phenoxy) is 4. The van der Waals surface area contributed by atoms with Crippen LogP contribution in [0, 0.1) is 0 Å². The summed E-state index contributed by atoms with van der Waals surface area (Å²) in [5.41, 5.74) is 2.01. The van der Waals surface area contributed by atoms with Crippen LogP contribution in [0.15, 0.2) is 60.7 Å². The van der Waals surface area contributed by atoms with E-state index in [9.17, 15) is 9.90 Å². The van der Waals surface area contributed by atoms with E-state index in [1.165, 1.54) is 32.6 Å². The first-order valence-corrected chi connectivity index (χ1v) is 13.6. The Morgan fingerprint density at radius 1 is 0.892 bits per heavy atom. The Labute approximate surface area is 221 Å². The van der Waals surface area contributed by atoms with Crippen LogP contribution in [0.1, 0.15) is 63.5 Å². The molecule has 2 aromatic rings. The smallest absolute Gasteiger partial charge is 0.217 e. The van der Waals surface area contributed by atoms with Gasteiger partial charge < -0.3 is 29.4 Å². The van der Waals surface area contributed by atoms with Crippen molar-refractivity contribution in [1.29, 1.82) is 0 Å². The summed E-state index contributed by atoms with van der Waals surface area (Å²) in [6, 6.07) is 19.0. The molecule has 0 radical (unpaired) electrons. The molecule has 0 aliphatic carbocycles. The van der Waals surface area contributed by atoms with Gasteiger partial charge >= 0.3 is 0 Å². The molecule has 1 amide bonds. The Bertz CT molecular complexity index is 880. The van der Waals surface area contributed by atoms with Gasteiger partial charge in [0.05, 0.1) is 19.8 Å². The van der Waals surface area contributed by atoms with Crippen LogP contribution in [0.25, 0.3) is 0 Å². The summed E-state index contributed by atoms with van der Waals surface area (Å²) in [5.74, 6) is -0.235.